The predicted octanol–water partition coefficient (Wildman–Crippen LogP) is 5.58. The normalized spacial score (nSPS) is 14.5. The minimum atomic E-state index is -0.470. The van der Waals surface area contributed by atoms with Gasteiger partial charge < -0.3 is 14.8 Å². The molecule has 34 heavy (non-hydrogen) atoms. The number of halogens is 2. The number of benzene rings is 3. The fourth-order valence-corrected chi connectivity index (χ4v) is 4.03. The number of carbonyl (C=O) groups excluding carboxylic acids is 2. The van der Waals surface area contributed by atoms with Crippen molar-refractivity contribution in [2.75, 3.05) is 7.11 Å². The van der Waals surface area contributed by atoms with Crippen molar-refractivity contribution >= 4 is 33.9 Å². The molecule has 0 unspecified atom stereocenters. The minimum absolute atomic E-state index is 0.172. The predicted molar refractivity (Wildman–Crippen MR) is 130 cm³/mol. The van der Waals surface area contributed by atoms with Crippen LogP contribution in [0.2, 0.25) is 0 Å². The maximum Gasteiger partial charge on any atom is 0.329 e. The van der Waals surface area contributed by atoms with Gasteiger partial charge in [-0.15, -0.1) is 0 Å². The molecule has 0 bridgehead atoms. The Bertz CT molecular complexity index is 1260. The number of rotatable bonds is 7. The zero-order valence-corrected chi connectivity index (χ0v) is 20.2. The quantitative estimate of drug-likeness (QED) is 0.323. The number of hydrogen-bond acceptors (Lipinski definition) is 4. The zero-order valence-electron chi connectivity index (χ0n) is 18.6. The molecule has 1 saturated heterocycles. The second-order valence-electron chi connectivity index (χ2n) is 7.81. The smallest absolute Gasteiger partial charge is 0.329 e. The third kappa shape index (κ3) is 5.28. The van der Waals surface area contributed by atoms with E-state index in [-0.39, 0.29) is 24.7 Å². The van der Waals surface area contributed by atoms with Gasteiger partial charge in [-0.2, -0.15) is 0 Å². The van der Waals surface area contributed by atoms with Gasteiger partial charge >= 0.3 is 6.03 Å². The number of ether oxygens (including phenoxy) is 2. The number of methoxy groups -OCH3 is 1. The van der Waals surface area contributed by atoms with Crippen LogP contribution in [0.5, 0.6) is 11.5 Å². The lowest BCUT2D eigenvalue weighted by molar-refractivity contribution is -0.123. The highest BCUT2D eigenvalue weighted by Gasteiger charge is 2.33. The van der Waals surface area contributed by atoms with E-state index in [2.05, 4.69) is 21.2 Å². The number of hydrogen-bond donors (Lipinski definition) is 1. The van der Waals surface area contributed by atoms with E-state index in [0.717, 1.165) is 16.7 Å². The Morgan fingerprint density at radius 3 is 2.38 bits per heavy atom. The Hall–Kier alpha value is -3.65. The molecule has 1 N–H and O–H groups in total. The van der Waals surface area contributed by atoms with Crippen LogP contribution in [0.4, 0.5) is 9.18 Å². The molecular formula is C26H22BrFN2O4. The van der Waals surface area contributed by atoms with Crippen molar-refractivity contribution in [1.82, 2.24) is 10.2 Å². The number of urea groups is 1. The second kappa shape index (κ2) is 10.1. The van der Waals surface area contributed by atoms with Crippen LogP contribution in [-0.4, -0.2) is 23.9 Å². The largest absolute Gasteiger partial charge is 0.493 e. The SMILES string of the molecule is COc1cc(/C=C2/NC(=O)N(Cc3ccc(C)cc3)C2=O)cc(Br)c1OCc1ccc(F)cc1. The van der Waals surface area contributed by atoms with E-state index in [1.165, 1.54) is 24.1 Å². The van der Waals surface area contributed by atoms with Gasteiger partial charge in [0, 0.05) is 0 Å². The van der Waals surface area contributed by atoms with Crippen molar-refractivity contribution < 1.29 is 23.5 Å². The number of nitrogens with zero attached hydrogens (tertiary/aromatic N) is 1. The van der Waals surface area contributed by atoms with E-state index in [4.69, 9.17) is 9.47 Å². The summed E-state index contributed by atoms with van der Waals surface area (Å²) in [6.45, 7) is 2.38. The molecule has 0 atom stereocenters. The molecule has 0 aliphatic carbocycles. The van der Waals surface area contributed by atoms with E-state index in [9.17, 15) is 14.0 Å². The molecule has 1 aliphatic rings. The molecule has 3 amide bonds. The fraction of sp³-hybridized carbons (Fsp3) is 0.154. The van der Waals surface area contributed by atoms with Crippen molar-refractivity contribution in [2.45, 2.75) is 20.1 Å². The molecular weight excluding hydrogens is 503 g/mol. The lowest BCUT2D eigenvalue weighted by Crippen LogP contribution is -2.30. The van der Waals surface area contributed by atoms with Gasteiger partial charge in [-0.1, -0.05) is 42.0 Å². The van der Waals surface area contributed by atoms with Crippen LogP contribution in [-0.2, 0) is 17.9 Å². The van der Waals surface area contributed by atoms with Crippen LogP contribution in [0.1, 0.15) is 22.3 Å². The molecule has 6 nitrogen and oxygen atoms in total. The van der Waals surface area contributed by atoms with Crippen molar-refractivity contribution in [1.29, 1.82) is 0 Å². The van der Waals surface area contributed by atoms with Gasteiger partial charge in [0.2, 0.25) is 0 Å². The number of carbonyl (C=O) groups is 2. The fourth-order valence-electron chi connectivity index (χ4n) is 3.46. The zero-order chi connectivity index (χ0) is 24.2. The molecule has 0 spiro atoms. The van der Waals surface area contributed by atoms with Gasteiger partial charge in [0.05, 0.1) is 18.1 Å². The van der Waals surface area contributed by atoms with Crippen LogP contribution < -0.4 is 14.8 Å². The topological polar surface area (TPSA) is 67.9 Å². The summed E-state index contributed by atoms with van der Waals surface area (Å²) in [7, 11) is 1.51. The molecule has 1 fully saturated rings. The highest BCUT2D eigenvalue weighted by Crippen LogP contribution is 2.38. The molecule has 0 radical (unpaired) electrons. The Labute approximate surface area is 205 Å². The van der Waals surface area contributed by atoms with Crippen LogP contribution in [0.15, 0.2) is 70.8 Å². The summed E-state index contributed by atoms with van der Waals surface area (Å²) in [6, 6.07) is 16.7. The number of aryl methyl sites for hydroxylation is 1. The molecule has 1 aliphatic heterocycles. The lowest BCUT2D eigenvalue weighted by Gasteiger charge is -2.14. The first-order valence-electron chi connectivity index (χ1n) is 10.5. The number of nitrogens with one attached hydrogen (secondary N) is 1. The van der Waals surface area contributed by atoms with E-state index in [0.29, 0.717) is 21.5 Å². The summed E-state index contributed by atoms with van der Waals surface area (Å²) in [5.74, 6) is 0.191. The van der Waals surface area contributed by atoms with Crippen LogP contribution in [0, 0.1) is 12.7 Å². The van der Waals surface area contributed by atoms with Crippen molar-refractivity contribution in [2.24, 2.45) is 0 Å². The first kappa shape index (κ1) is 23.5. The number of imide groups is 1. The van der Waals surface area contributed by atoms with Crippen molar-refractivity contribution in [3.05, 3.63) is 98.9 Å². The lowest BCUT2D eigenvalue weighted by atomic mass is 10.1. The molecule has 4 rings (SSSR count). The van der Waals surface area contributed by atoms with Crippen LogP contribution in [0.25, 0.3) is 6.08 Å². The van der Waals surface area contributed by atoms with Gasteiger partial charge in [-0.25, -0.2) is 9.18 Å². The summed E-state index contributed by atoms with van der Waals surface area (Å²) >= 11 is 3.49. The third-order valence-corrected chi connectivity index (χ3v) is 5.87. The molecule has 3 aromatic rings. The molecule has 174 valence electrons. The van der Waals surface area contributed by atoms with Crippen molar-refractivity contribution in [3.8, 4) is 11.5 Å². The van der Waals surface area contributed by atoms with Crippen molar-refractivity contribution in [3.63, 3.8) is 0 Å². The van der Waals surface area contributed by atoms with Gasteiger partial charge in [0.15, 0.2) is 11.5 Å². The van der Waals surface area contributed by atoms with Gasteiger partial charge in [-0.3, -0.25) is 9.69 Å². The summed E-state index contributed by atoms with van der Waals surface area (Å²) in [5, 5.41) is 2.64. The van der Waals surface area contributed by atoms with E-state index < -0.39 is 11.9 Å². The average molecular weight is 525 g/mol. The van der Waals surface area contributed by atoms with Crippen LogP contribution >= 0.6 is 15.9 Å². The van der Waals surface area contributed by atoms with Gasteiger partial charge in [0.1, 0.15) is 18.1 Å². The Morgan fingerprint density at radius 2 is 1.71 bits per heavy atom. The molecule has 0 aromatic heterocycles. The summed E-state index contributed by atoms with van der Waals surface area (Å²) < 4.78 is 25.1. The molecule has 3 aromatic carbocycles. The van der Waals surface area contributed by atoms with E-state index in [1.807, 2.05) is 31.2 Å². The molecule has 0 saturated carbocycles. The number of amides is 3. The Balaban J connectivity index is 1.52. The Kier molecular flexibility index (Phi) is 6.98. The van der Waals surface area contributed by atoms with E-state index >= 15 is 0 Å². The van der Waals surface area contributed by atoms with Crippen LogP contribution in [0.3, 0.4) is 0 Å². The molecule has 8 heteroatoms. The molecule has 1 heterocycles. The minimum Gasteiger partial charge on any atom is -0.493 e. The third-order valence-electron chi connectivity index (χ3n) is 5.28. The first-order valence-corrected chi connectivity index (χ1v) is 11.3. The monoisotopic (exact) mass is 524 g/mol. The summed E-state index contributed by atoms with van der Waals surface area (Å²) in [4.78, 5) is 26.4. The van der Waals surface area contributed by atoms with Gasteiger partial charge in [0.25, 0.3) is 5.91 Å². The average Bonchev–Trinajstić information content (AvgIpc) is 3.07. The first-order chi connectivity index (χ1) is 16.3. The Morgan fingerprint density at radius 1 is 1.03 bits per heavy atom. The standard InChI is InChI=1S/C26H22BrFN2O4/c1-16-3-5-17(6-4-16)14-30-25(31)22(29-26(30)32)12-19-11-21(27)24(23(13-19)33-2)34-15-18-7-9-20(28)10-8-18/h3-13H,14-15H2,1-2H3,(H,29,32)/b22-12+. The highest BCUT2D eigenvalue weighted by atomic mass is 79.9. The summed E-state index contributed by atoms with van der Waals surface area (Å²) in [5.41, 5.74) is 3.58. The maximum atomic E-state index is 13.1. The van der Waals surface area contributed by atoms with Gasteiger partial charge in [-0.05, 0) is 69.9 Å². The van der Waals surface area contributed by atoms with E-state index in [1.54, 1.807) is 30.3 Å². The second-order valence-corrected chi connectivity index (χ2v) is 8.67. The summed E-state index contributed by atoms with van der Waals surface area (Å²) in [6.07, 6.45) is 1.59. The highest BCUT2D eigenvalue weighted by molar-refractivity contribution is 9.10. The maximum absolute atomic E-state index is 13.1.